The zero-order chi connectivity index (χ0) is 33.1. The Hall–Kier alpha value is -4.69. The van der Waals surface area contributed by atoms with Gasteiger partial charge >= 0.3 is 0 Å². The Labute approximate surface area is 282 Å². The highest BCUT2D eigenvalue weighted by molar-refractivity contribution is 5.98. The topological polar surface area (TPSA) is 65.1 Å². The lowest BCUT2D eigenvalue weighted by molar-refractivity contribution is -0.125. The number of carbonyl (C=O) groups is 2. The van der Waals surface area contributed by atoms with Crippen LogP contribution in [0.3, 0.4) is 0 Å². The summed E-state index contributed by atoms with van der Waals surface area (Å²) in [5.41, 5.74) is 4.80. The standard InChI is InChI=1S/C40H43FN4O3/c1-2-42-39(47)40(34-12-3-5-14-36(34)48-37-15-6-4-13-35(37)40)19-7-8-20-43-22-24-44(25-23-43)32-17-16-30-18-21-45(38(46)33(30)27-32)28-29-10-9-11-31(41)26-29/h3-6,9-17,26-27H,2,7-8,18-25,28H2,1H3,(H,42,47). The van der Waals surface area contributed by atoms with E-state index >= 15 is 0 Å². The zero-order valence-corrected chi connectivity index (χ0v) is 27.6. The van der Waals surface area contributed by atoms with Gasteiger partial charge in [-0.15, -0.1) is 0 Å². The molecular formula is C40H43FN4O3. The van der Waals surface area contributed by atoms with Crippen molar-refractivity contribution >= 4 is 17.5 Å². The first-order chi connectivity index (χ1) is 23.5. The number of carbonyl (C=O) groups excluding carboxylic acids is 2. The van der Waals surface area contributed by atoms with E-state index in [4.69, 9.17) is 4.74 Å². The van der Waals surface area contributed by atoms with Gasteiger partial charge in [0, 0.05) is 68.2 Å². The van der Waals surface area contributed by atoms with Gasteiger partial charge in [0.1, 0.15) is 22.7 Å². The average molecular weight is 647 g/mol. The molecule has 1 saturated heterocycles. The number of hydrogen-bond donors (Lipinski definition) is 1. The number of ether oxygens (including phenoxy) is 1. The van der Waals surface area contributed by atoms with Crippen LogP contribution in [0.15, 0.2) is 91.0 Å². The van der Waals surface area contributed by atoms with Gasteiger partial charge in [0.25, 0.3) is 5.91 Å². The lowest BCUT2D eigenvalue weighted by Crippen LogP contribution is -2.47. The fraction of sp³-hybridized carbons (Fsp3) is 0.350. The van der Waals surface area contributed by atoms with Crippen molar-refractivity contribution in [2.45, 2.75) is 44.6 Å². The van der Waals surface area contributed by atoms with E-state index < -0.39 is 5.41 Å². The summed E-state index contributed by atoms with van der Waals surface area (Å²) in [6.45, 7) is 8.22. The number of unbranched alkanes of at least 4 members (excludes halogenated alkanes) is 1. The molecule has 3 aliphatic heterocycles. The second-order valence-electron chi connectivity index (χ2n) is 13.1. The van der Waals surface area contributed by atoms with Crippen LogP contribution in [0.5, 0.6) is 11.5 Å². The largest absolute Gasteiger partial charge is 0.457 e. The van der Waals surface area contributed by atoms with Crippen molar-refractivity contribution in [3.8, 4) is 11.5 Å². The number of amides is 2. The van der Waals surface area contributed by atoms with Gasteiger partial charge < -0.3 is 19.9 Å². The van der Waals surface area contributed by atoms with Gasteiger partial charge in [-0.1, -0.05) is 61.0 Å². The third-order valence-electron chi connectivity index (χ3n) is 10.2. The molecule has 3 aliphatic rings. The van der Waals surface area contributed by atoms with Crippen molar-refractivity contribution < 1.29 is 18.7 Å². The molecule has 48 heavy (non-hydrogen) atoms. The first kappa shape index (κ1) is 31.9. The third-order valence-corrected chi connectivity index (χ3v) is 10.2. The van der Waals surface area contributed by atoms with E-state index in [1.165, 1.54) is 12.1 Å². The second-order valence-corrected chi connectivity index (χ2v) is 13.1. The van der Waals surface area contributed by atoms with Crippen molar-refractivity contribution in [2.75, 3.05) is 50.7 Å². The number of nitrogens with zero attached hydrogens (tertiary/aromatic N) is 3. The fourth-order valence-electron chi connectivity index (χ4n) is 7.69. The number of benzene rings is 4. The summed E-state index contributed by atoms with van der Waals surface area (Å²) in [6, 6.07) is 28.7. The van der Waals surface area contributed by atoms with Gasteiger partial charge in [0.2, 0.25) is 5.91 Å². The highest BCUT2D eigenvalue weighted by Crippen LogP contribution is 2.50. The smallest absolute Gasteiger partial charge is 0.254 e. The SMILES string of the molecule is CCNC(=O)C1(CCCCN2CCN(c3ccc4c(c3)C(=O)N(Cc3cccc(F)c3)CC4)CC2)c2ccccc2Oc2ccccc21. The van der Waals surface area contributed by atoms with Gasteiger partial charge in [0.05, 0.1) is 0 Å². The Morgan fingerprint density at radius 3 is 2.29 bits per heavy atom. The van der Waals surface area contributed by atoms with Crippen LogP contribution in [0.1, 0.15) is 58.8 Å². The maximum Gasteiger partial charge on any atom is 0.254 e. The van der Waals surface area contributed by atoms with Crippen LogP contribution in [0.25, 0.3) is 0 Å². The zero-order valence-electron chi connectivity index (χ0n) is 27.6. The first-order valence-corrected chi connectivity index (χ1v) is 17.3. The van der Waals surface area contributed by atoms with Crippen LogP contribution in [0, 0.1) is 5.82 Å². The Kier molecular flexibility index (Phi) is 9.17. The normalized spacial score (nSPS) is 16.8. The minimum absolute atomic E-state index is 0.0150. The van der Waals surface area contributed by atoms with E-state index in [0.717, 1.165) is 97.0 Å². The van der Waals surface area contributed by atoms with Crippen LogP contribution in [-0.2, 0) is 23.2 Å². The summed E-state index contributed by atoms with van der Waals surface area (Å²) in [6.07, 6.45) is 3.39. The Morgan fingerprint density at radius 1 is 0.854 bits per heavy atom. The van der Waals surface area contributed by atoms with E-state index in [-0.39, 0.29) is 17.6 Å². The van der Waals surface area contributed by atoms with Gasteiger partial charge in [-0.3, -0.25) is 14.5 Å². The molecule has 0 aliphatic carbocycles. The van der Waals surface area contributed by atoms with Crippen molar-refractivity contribution in [3.05, 3.63) is 125 Å². The fourth-order valence-corrected chi connectivity index (χ4v) is 7.69. The molecule has 0 radical (unpaired) electrons. The number of halogens is 1. The van der Waals surface area contributed by atoms with E-state index in [9.17, 15) is 14.0 Å². The van der Waals surface area contributed by atoms with Crippen molar-refractivity contribution in [3.63, 3.8) is 0 Å². The van der Waals surface area contributed by atoms with Gasteiger partial charge in [-0.25, -0.2) is 4.39 Å². The molecule has 7 nitrogen and oxygen atoms in total. The lowest BCUT2D eigenvalue weighted by atomic mass is 9.68. The number of anilines is 1. The Bertz CT molecular complexity index is 1760. The summed E-state index contributed by atoms with van der Waals surface area (Å²) in [4.78, 5) is 34.1. The number of piperazine rings is 1. The van der Waals surface area contributed by atoms with E-state index in [0.29, 0.717) is 26.1 Å². The van der Waals surface area contributed by atoms with Crippen LogP contribution in [0.2, 0.25) is 0 Å². The van der Waals surface area contributed by atoms with Crippen LogP contribution in [-0.4, -0.2) is 67.4 Å². The van der Waals surface area contributed by atoms with Gasteiger partial charge in [0.15, 0.2) is 0 Å². The summed E-state index contributed by atoms with van der Waals surface area (Å²) in [5, 5.41) is 3.14. The number of para-hydroxylation sites is 2. The molecule has 0 atom stereocenters. The van der Waals surface area contributed by atoms with Crippen LogP contribution in [0.4, 0.5) is 10.1 Å². The quantitative estimate of drug-likeness (QED) is 0.198. The van der Waals surface area contributed by atoms with E-state index in [1.807, 2.05) is 66.4 Å². The molecule has 2 amide bonds. The number of likely N-dealkylation sites (N-methyl/N-ethyl adjacent to an activating group) is 1. The van der Waals surface area contributed by atoms with E-state index in [1.54, 1.807) is 6.07 Å². The molecule has 8 heteroatoms. The molecule has 1 fully saturated rings. The molecule has 0 bridgehead atoms. The average Bonchev–Trinajstić information content (AvgIpc) is 3.11. The first-order valence-electron chi connectivity index (χ1n) is 17.3. The Morgan fingerprint density at radius 2 is 1.58 bits per heavy atom. The third kappa shape index (κ3) is 6.17. The number of hydrogen-bond acceptors (Lipinski definition) is 5. The molecule has 0 saturated carbocycles. The van der Waals surface area contributed by atoms with Gasteiger partial charge in [-0.2, -0.15) is 0 Å². The summed E-state index contributed by atoms with van der Waals surface area (Å²) >= 11 is 0. The molecule has 248 valence electrons. The van der Waals surface area contributed by atoms with Crippen LogP contribution < -0.4 is 15.0 Å². The second kappa shape index (κ2) is 13.8. The Balaban J connectivity index is 0.970. The van der Waals surface area contributed by atoms with Crippen molar-refractivity contribution in [1.82, 2.24) is 15.1 Å². The summed E-state index contributed by atoms with van der Waals surface area (Å²) < 4.78 is 20.0. The summed E-state index contributed by atoms with van der Waals surface area (Å²) in [5.74, 6) is 1.27. The lowest BCUT2D eigenvalue weighted by Gasteiger charge is -2.39. The molecular weight excluding hydrogens is 603 g/mol. The van der Waals surface area contributed by atoms with Crippen molar-refractivity contribution in [2.24, 2.45) is 0 Å². The number of fused-ring (bicyclic) bond motifs is 3. The maximum absolute atomic E-state index is 13.9. The molecule has 3 heterocycles. The molecule has 4 aromatic rings. The highest BCUT2D eigenvalue weighted by atomic mass is 19.1. The minimum Gasteiger partial charge on any atom is -0.457 e. The molecule has 1 N–H and O–H groups in total. The molecule has 0 spiro atoms. The maximum atomic E-state index is 13.9. The van der Waals surface area contributed by atoms with E-state index in [2.05, 4.69) is 33.3 Å². The molecule has 4 aromatic carbocycles. The predicted octanol–water partition coefficient (Wildman–Crippen LogP) is 6.54. The van der Waals surface area contributed by atoms with Gasteiger partial charge in [-0.05, 0) is 80.3 Å². The van der Waals surface area contributed by atoms with Crippen LogP contribution >= 0.6 is 0 Å². The monoisotopic (exact) mass is 646 g/mol. The highest BCUT2D eigenvalue weighted by Gasteiger charge is 2.47. The number of rotatable bonds is 10. The molecule has 0 aromatic heterocycles. The van der Waals surface area contributed by atoms with Crippen molar-refractivity contribution in [1.29, 1.82) is 0 Å². The molecule has 0 unspecified atom stereocenters. The summed E-state index contributed by atoms with van der Waals surface area (Å²) in [7, 11) is 0. The molecule has 7 rings (SSSR count). The number of nitrogens with one attached hydrogen (secondary N) is 1. The predicted molar refractivity (Wildman–Crippen MR) is 186 cm³/mol. The minimum atomic E-state index is -0.795.